The highest BCUT2D eigenvalue weighted by atomic mass is 19.1. The summed E-state index contributed by atoms with van der Waals surface area (Å²) in [5.74, 6) is -0.0467. The van der Waals surface area contributed by atoms with E-state index in [0.717, 1.165) is 5.56 Å². The van der Waals surface area contributed by atoms with Crippen LogP contribution >= 0.6 is 0 Å². The Labute approximate surface area is 110 Å². The first-order valence-corrected chi connectivity index (χ1v) is 5.98. The van der Waals surface area contributed by atoms with Crippen molar-refractivity contribution in [2.45, 2.75) is 13.0 Å². The van der Waals surface area contributed by atoms with Crippen LogP contribution in [0, 0.1) is 18.6 Å². The maximum absolute atomic E-state index is 13.0. The highest BCUT2D eigenvalue weighted by Crippen LogP contribution is 2.25. The quantitative estimate of drug-likeness (QED) is 0.918. The molecular formula is C15H15F2NO. The van der Waals surface area contributed by atoms with Crippen LogP contribution in [0.1, 0.15) is 17.2 Å². The molecule has 0 aliphatic heterocycles. The van der Waals surface area contributed by atoms with Crippen LogP contribution in [0.15, 0.2) is 42.5 Å². The molecule has 1 atom stereocenters. The van der Waals surface area contributed by atoms with Gasteiger partial charge in [0.15, 0.2) is 0 Å². The Morgan fingerprint density at radius 3 is 2.26 bits per heavy atom. The molecule has 0 radical (unpaired) electrons. The first-order valence-electron chi connectivity index (χ1n) is 5.98. The summed E-state index contributed by atoms with van der Waals surface area (Å²) >= 11 is 0. The zero-order valence-electron chi connectivity index (χ0n) is 10.6. The van der Waals surface area contributed by atoms with Gasteiger partial charge < -0.3 is 10.5 Å². The van der Waals surface area contributed by atoms with E-state index >= 15 is 0 Å². The minimum Gasteiger partial charge on any atom is -0.484 e. The first kappa shape index (κ1) is 13.5. The highest BCUT2D eigenvalue weighted by Gasteiger charge is 2.13. The van der Waals surface area contributed by atoms with Crippen molar-refractivity contribution in [3.63, 3.8) is 0 Å². The predicted molar refractivity (Wildman–Crippen MR) is 70.0 cm³/mol. The van der Waals surface area contributed by atoms with Gasteiger partial charge in [-0.05, 0) is 48.4 Å². The standard InChI is InChI=1S/C15H15F2NO/c1-10-8-13(17)6-7-14(10)19-15(9-18)11-2-4-12(16)5-3-11/h2-8,15H,9,18H2,1H3. The lowest BCUT2D eigenvalue weighted by molar-refractivity contribution is 0.212. The maximum atomic E-state index is 13.0. The third kappa shape index (κ3) is 3.29. The number of nitrogens with two attached hydrogens (primary N) is 1. The van der Waals surface area contributed by atoms with Crippen molar-refractivity contribution in [2.75, 3.05) is 6.54 Å². The molecule has 0 amide bonds. The van der Waals surface area contributed by atoms with Crippen molar-refractivity contribution in [2.24, 2.45) is 5.73 Å². The van der Waals surface area contributed by atoms with E-state index in [9.17, 15) is 8.78 Å². The van der Waals surface area contributed by atoms with E-state index in [1.807, 2.05) is 0 Å². The van der Waals surface area contributed by atoms with Gasteiger partial charge in [-0.15, -0.1) is 0 Å². The number of rotatable bonds is 4. The molecule has 19 heavy (non-hydrogen) atoms. The van der Waals surface area contributed by atoms with Gasteiger partial charge in [-0.25, -0.2) is 8.78 Å². The summed E-state index contributed by atoms with van der Waals surface area (Å²) < 4.78 is 31.6. The smallest absolute Gasteiger partial charge is 0.136 e. The third-order valence-corrected chi connectivity index (χ3v) is 2.86. The van der Waals surface area contributed by atoms with Gasteiger partial charge >= 0.3 is 0 Å². The second-order valence-electron chi connectivity index (χ2n) is 4.30. The fraction of sp³-hybridized carbons (Fsp3) is 0.200. The lowest BCUT2D eigenvalue weighted by atomic mass is 10.1. The zero-order valence-corrected chi connectivity index (χ0v) is 10.6. The van der Waals surface area contributed by atoms with Gasteiger partial charge in [-0.2, -0.15) is 0 Å². The third-order valence-electron chi connectivity index (χ3n) is 2.86. The van der Waals surface area contributed by atoms with Crippen LogP contribution in [0.3, 0.4) is 0 Å². The van der Waals surface area contributed by atoms with Gasteiger partial charge in [0.2, 0.25) is 0 Å². The summed E-state index contributed by atoms with van der Waals surface area (Å²) in [5.41, 5.74) is 7.16. The average molecular weight is 263 g/mol. The Morgan fingerprint density at radius 1 is 1.05 bits per heavy atom. The van der Waals surface area contributed by atoms with E-state index in [2.05, 4.69) is 0 Å². The van der Waals surface area contributed by atoms with Crippen molar-refractivity contribution in [1.82, 2.24) is 0 Å². The minimum absolute atomic E-state index is 0.252. The molecule has 2 rings (SSSR count). The van der Waals surface area contributed by atoms with E-state index < -0.39 is 0 Å². The molecule has 0 aromatic heterocycles. The molecule has 0 spiro atoms. The molecule has 0 heterocycles. The van der Waals surface area contributed by atoms with Crippen LogP contribution in [0.2, 0.25) is 0 Å². The molecule has 4 heteroatoms. The van der Waals surface area contributed by atoms with Crippen LogP contribution in [0.5, 0.6) is 5.75 Å². The summed E-state index contributed by atoms with van der Waals surface area (Å²) in [6.45, 7) is 2.01. The molecule has 2 N–H and O–H groups in total. The number of ether oxygens (including phenoxy) is 1. The van der Waals surface area contributed by atoms with Gasteiger partial charge in [0.05, 0.1) is 0 Å². The van der Waals surface area contributed by atoms with Crippen LogP contribution in [0.4, 0.5) is 8.78 Å². The molecule has 2 aromatic rings. The summed E-state index contributed by atoms with van der Waals surface area (Å²) in [4.78, 5) is 0. The second kappa shape index (κ2) is 5.80. The SMILES string of the molecule is Cc1cc(F)ccc1OC(CN)c1ccc(F)cc1. The molecule has 0 fully saturated rings. The van der Waals surface area contributed by atoms with Crippen molar-refractivity contribution in [3.05, 3.63) is 65.2 Å². The highest BCUT2D eigenvalue weighted by molar-refractivity contribution is 5.33. The predicted octanol–water partition coefficient (Wildman–Crippen LogP) is 3.35. The molecule has 1 unspecified atom stereocenters. The number of aryl methyl sites for hydroxylation is 1. The molecule has 0 saturated heterocycles. The topological polar surface area (TPSA) is 35.2 Å². The Morgan fingerprint density at radius 2 is 1.68 bits per heavy atom. The zero-order chi connectivity index (χ0) is 13.8. The molecule has 0 aliphatic rings. The number of hydrogen-bond donors (Lipinski definition) is 1. The molecule has 0 bridgehead atoms. The van der Waals surface area contributed by atoms with Crippen LogP contribution in [0.25, 0.3) is 0 Å². The van der Waals surface area contributed by atoms with Crippen LogP contribution < -0.4 is 10.5 Å². The molecule has 0 saturated carbocycles. The van der Waals surface area contributed by atoms with Crippen molar-refractivity contribution < 1.29 is 13.5 Å². The molecule has 2 nitrogen and oxygen atoms in total. The lowest BCUT2D eigenvalue weighted by Crippen LogP contribution is -2.18. The molecule has 100 valence electrons. The summed E-state index contributed by atoms with van der Waals surface area (Å²) in [6.07, 6.45) is -0.384. The van der Waals surface area contributed by atoms with Gasteiger partial charge in [0.1, 0.15) is 23.5 Å². The van der Waals surface area contributed by atoms with E-state index in [1.165, 1.54) is 24.3 Å². The number of hydrogen-bond acceptors (Lipinski definition) is 2. The van der Waals surface area contributed by atoms with Gasteiger partial charge in [0, 0.05) is 6.54 Å². The molecule has 2 aromatic carbocycles. The first-order chi connectivity index (χ1) is 9.10. The Hall–Kier alpha value is -1.94. The lowest BCUT2D eigenvalue weighted by Gasteiger charge is -2.19. The Kier molecular flexibility index (Phi) is 4.12. The number of halogens is 2. The van der Waals surface area contributed by atoms with Gasteiger partial charge in [0.25, 0.3) is 0 Å². The van der Waals surface area contributed by atoms with Crippen molar-refractivity contribution in [1.29, 1.82) is 0 Å². The summed E-state index contributed by atoms with van der Waals surface area (Å²) in [5, 5.41) is 0. The van der Waals surface area contributed by atoms with E-state index in [0.29, 0.717) is 11.3 Å². The van der Waals surface area contributed by atoms with E-state index in [1.54, 1.807) is 25.1 Å². The molecular weight excluding hydrogens is 248 g/mol. The largest absolute Gasteiger partial charge is 0.484 e. The Balaban J connectivity index is 2.21. The second-order valence-corrected chi connectivity index (χ2v) is 4.30. The van der Waals surface area contributed by atoms with Crippen molar-refractivity contribution in [3.8, 4) is 5.75 Å². The van der Waals surface area contributed by atoms with Crippen molar-refractivity contribution >= 4 is 0 Å². The van der Waals surface area contributed by atoms with Gasteiger partial charge in [-0.1, -0.05) is 12.1 Å². The summed E-state index contributed by atoms with van der Waals surface area (Å²) in [7, 11) is 0. The van der Waals surface area contributed by atoms with E-state index in [4.69, 9.17) is 10.5 Å². The van der Waals surface area contributed by atoms with E-state index in [-0.39, 0.29) is 24.3 Å². The fourth-order valence-electron chi connectivity index (χ4n) is 1.83. The minimum atomic E-state index is -0.384. The maximum Gasteiger partial charge on any atom is 0.136 e. The fourth-order valence-corrected chi connectivity index (χ4v) is 1.83. The van der Waals surface area contributed by atoms with Gasteiger partial charge in [-0.3, -0.25) is 0 Å². The molecule has 0 aliphatic carbocycles. The summed E-state index contributed by atoms with van der Waals surface area (Å²) in [6, 6.07) is 10.3. The number of benzene rings is 2. The average Bonchev–Trinajstić information content (AvgIpc) is 2.39. The van der Waals surface area contributed by atoms with Crippen LogP contribution in [-0.2, 0) is 0 Å². The normalized spacial score (nSPS) is 12.2. The van der Waals surface area contributed by atoms with Crippen LogP contribution in [-0.4, -0.2) is 6.54 Å². The Bertz CT molecular complexity index is 555. The monoisotopic (exact) mass is 263 g/mol.